The van der Waals surface area contributed by atoms with Gasteiger partial charge in [-0.15, -0.1) is 0 Å². The van der Waals surface area contributed by atoms with Gasteiger partial charge in [0, 0.05) is 12.6 Å². The number of halogens is 2. The first-order chi connectivity index (χ1) is 9.40. The summed E-state index contributed by atoms with van der Waals surface area (Å²) in [5.74, 6) is -1.73. The van der Waals surface area contributed by atoms with Crippen LogP contribution in [0.25, 0.3) is 0 Å². The third-order valence-corrected chi connectivity index (χ3v) is 4.06. The summed E-state index contributed by atoms with van der Waals surface area (Å²) in [7, 11) is 0. The summed E-state index contributed by atoms with van der Waals surface area (Å²) in [6.07, 6.45) is 0.408. The fourth-order valence-electron chi connectivity index (χ4n) is 2.64. The van der Waals surface area contributed by atoms with E-state index < -0.39 is 23.8 Å². The van der Waals surface area contributed by atoms with Gasteiger partial charge < -0.3 is 5.11 Å². The highest BCUT2D eigenvalue weighted by Gasteiger charge is 2.32. The second-order valence-electron chi connectivity index (χ2n) is 5.45. The first-order valence-electron chi connectivity index (χ1n) is 6.81. The predicted octanol–water partition coefficient (Wildman–Crippen LogP) is 2.24. The molecule has 1 aliphatic heterocycles. The molecular weight excluding hydrogens is 264 g/mol. The minimum Gasteiger partial charge on any atom is -0.393 e. The second-order valence-corrected chi connectivity index (χ2v) is 5.45. The van der Waals surface area contributed by atoms with Crippen molar-refractivity contribution in [2.75, 3.05) is 13.1 Å². The van der Waals surface area contributed by atoms with Gasteiger partial charge in [-0.25, -0.2) is 8.78 Å². The maximum atomic E-state index is 13.6. The molecular formula is C15H19F2NO2. The molecule has 3 unspecified atom stereocenters. The third-order valence-electron chi connectivity index (χ3n) is 4.06. The Morgan fingerprint density at radius 2 is 2.10 bits per heavy atom. The van der Waals surface area contributed by atoms with Gasteiger partial charge in [-0.2, -0.15) is 0 Å². The Morgan fingerprint density at radius 1 is 1.40 bits per heavy atom. The molecule has 1 aromatic rings. The molecule has 0 amide bonds. The molecule has 5 heteroatoms. The van der Waals surface area contributed by atoms with E-state index in [1.54, 1.807) is 13.8 Å². The molecule has 2 rings (SSSR count). The van der Waals surface area contributed by atoms with E-state index in [2.05, 4.69) is 0 Å². The number of benzene rings is 1. The van der Waals surface area contributed by atoms with E-state index in [0.717, 1.165) is 18.6 Å². The standard InChI is InChI=1S/C15H19F2NO2/c1-9(18-6-5-11(8-18)10(2)19)15(20)13-4-3-12(16)7-14(13)17/h3-4,7,9-11,19H,5-6,8H2,1-2H3. The zero-order valence-corrected chi connectivity index (χ0v) is 11.6. The summed E-state index contributed by atoms with van der Waals surface area (Å²) in [5, 5.41) is 9.57. The number of Topliss-reactive ketones (excluding diaryl/α,β-unsaturated/α-hetero) is 1. The predicted molar refractivity (Wildman–Crippen MR) is 71.5 cm³/mol. The number of likely N-dealkylation sites (tertiary alicyclic amines) is 1. The summed E-state index contributed by atoms with van der Waals surface area (Å²) in [4.78, 5) is 14.2. The monoisotopic (exact) mass is 283 g/mol. The highest BCUT2D eigenvalue weighted by molar-refractivity contribution is 6.00. The molecule has 1 saturated heterocycles. The summed E-state index contributed by atoms with van der Waals surface area (Å²) < 4.78 is 26.5. The van der Waals surface area contributed by atoms with E-state index in [9.17, 15) is 18.7 Å². The van der Waals surface area contributed by atoms with Crippen LogP contribution in [0.2, 0.25) is 0 Å². The van der Waals surface area contributed by atoms with Crippen molar-refractivity contribution in [3.05, 3.63) is 35.4 Å². The van der Waals surface area contributed by atoms with E-state index >= 15 is 0 Å². The molecule has 3 nitrogen and oxygen atoms in total. The van der Waals surface area contributed by atoms with Crippen LogP contribution in [0.15, 0.2) is 18.2 Å². The minimum absolute atomic E-state index is 0.0839. The molecule has 20 heavy (non-hydrogen) atoms. The summed E-state index contributed by atoms with van der Waals surface area (Å²) in [6, 6.07) is 2.53. The molecule has 0 aliphatic carbocycles. The van der Waals surface area contributed by atoms with Crippen molar-refractivity contribution in [3.63, 3.8) is 0 Å². The Balaban J connectivity index is 2.09. The Hall–Kier alpha value is -1.33. The quantitative estimate of drug-likeness (QED) is 0.862. The molecule has 1 aliphatic rings. The van der Waals surface area contributed by atoms with Crippen molar-refractivity contribution in [3.8, 4) is 0 Å². The van der Waals surface area contributed by atoms with Crippen molar-refractivity contribution in [1.82, 2.24) is 4.90 Å². The molecule has 0 aromatic heterocycles. The average molecular weight is 283 g/mol. The van der Waals surface area contributed by atoms with Gasteiger partial charge in [0.1, 0.15) is 11.6 Å². The van der Waals surface area contributed by atoms with Crippen molar-refractivity contribution in [1.29, 1.82) is 0 Å². The smallest absolute Gasteiger partial charge is 0.182 e. The molecule has 0 radical (unpaired) electrons. The van der Waals surface area contributed by atoms with Gasteiger partial charge in [-0.1, -0.05) is 0 Å². The lowest BCUT2D eigenvalue weighted by atomic mass is 10.0. The highest BCUT2D eigenvalue weighted by atomic mass is 19.1. The van der Waals surface area contributed by atoms with E-state index in [-0.39, 0.29) is 17.3 Å². The zero-order chi connectivity index (χ0) is 14.9. The largest absolute Gasteiger partial charge is 0.393 e. The number of carbonyl (C=O) groups is 1. The maximum Gasteiger partial charge on any atom is 0.182 e. The van der Waals surface area contributed by atoms with Crippen LogP contribution in [0.3, 0.4) is 0 Å². The van der Waals surface area contributed by atoms with E-state index in [1.807, 2.05) is 4.90 Å². The lowest BCUT2D eigenvalue weighted by molar-refractivity contribution is 0.0832. The first-order valence-corrected chi connectivity index (χ1v) is 6.81. The van der Waals surface area contributed by atoms with Gasteiger partial charge in [0.25, 0.3) is 0 Å². The van der Waals surface area contributed by atoms with Gasteiger partial charge in [0.15, 0.2) is 5.78 Å². The lowest BCUT2D eigenvalue weighted by Crippen LogP contribution is -2.38. The number of hydrogen-bond acceptors (Lipinski definition) is 3. The van der Waals surface area contributed by atoms with E-state index in [4.69, 9.17) is 0 Å². The van der Waals surface area contributed by atoms with Crippen LogP contribution in [-0.4, -0.2) is 41.0 Å². The van der Waals surface area contributed by atoms with E-state index in [1.165, 1.54) is 6.07 Å². The fraction of sp³-hybridized carbons (Fsp3) is 0.533. The molecule has 1 aromatic carbocycles. The van der Waals surface area contributed by atoms with Gasteiger partial charge in [-0.05, 0) is 44.9 Å². The van der Waals surface area contributed by atoms with Gasteiger partial charge in [0.05, 0.1) is 17.7 Å². The Labute approximate surface area is 117 Å². The fourth-order valence-corrected chi connectivity index (χ4v) is 2.64. The van der Waals surface area contributed by atoms with Crippen molar-refractivity contribution in [2.45, 2.75) is 32.4 Å². The zero-order valence-electron chi connectivity index (χ0n) is 11.6. The Kier molecular flexibility index (Phi) is 4.50. The number of hydrogen-bond donors (Lipinski definition) is 1. The lowest BCUT2D eigenvalue weighted by Gasteiger charge is -2.24. The number of aliphatic hydroxyl groups excluding tert-OH is 1. The van der Waals surface area contributed by atoms with Crippen molar-refractivity contribution < 1.29 is 18.7 Å². The number of nitrogens with zero attached hydrogens (tertiary/aromatic N) is 1. The van der Waals surface area contributed by atoms with Gasteiger partial charge in [0.2, 0.25) is 0 Å². The SMILES string of the molecule is CC(O)C1CCN(C(C)C(=O)c2ccc(F)cc2F)C1. The first kappa shape index (κ1) is 15.1. The number of carbonyl (C=O) groups excluding carboxylic acids is 1. The van der Waals surface area contributed by atoms with Gasteiger partial charge in [-0.3, -0.25) is 9.69 Å². The van der Waals surface area contributed by atoms with Crippen LogP contribution in [0.4, 0.5) is 8.78 Å². The molecule has 1 fully saturated rings. The second kappa shape index (κ2) is 5.97. The molecule has 0 bridgehead atoms. The van der Waals surface area contributed by atoms with Crippen LogP contribution in [0, 0.1) is 17.6 Å². The Bertz CT molecular complexity index is 505. The van der Waals surface area contributed by atoms with E-state index in [0.29, 0.717) is 13.1 Å². The molecule has 0 spiro atoms. The van der Waals surface area contributed by atoms with Gasteiger partial charge >= 0.3 is 0 Å². The maximum absolute atomic E-state index is 13.6. The Morgan fingerprint density at radius 3 is 2.65 bits per heavy atom. The molecule has 110 valence electrons. The average Bonchev–Trinajstić information content (AvgIpc) is 2.87. The number of ketones is 1. The van der Waals surface area contributed by atoms with Crippen molar-refractivity contribution in [2.24, 2.45) is 5.92 Å². The van der Waals surface area contributed by atoms with Crippen LogP contribution in [0.5, 0.6) is 0 Å². The van der Waals surface area contributed by atoms with Crippen LogP contribution in [0.1, 0.15) is 30.6 Å². The van der Waals surface area contributed by atoms with Crippen LogP contribution >= 0.6 is 0 Å². The molecule has 0 saturated carbocycles. The summed E-state index contributed by atoms with van der Waals surface area (Å²) in [5.41, 5.74) is -0.0839. The normalized spacial score (nSPS) is 22.8. The number of rotatable bonds is 4. The topological polar surface area (TPSA) is 40.5 Å². The molecule has 3 atom stereocenters. The summed E-state index contributed by atoms with van der Waals surface area (Å²) >= 11 is 0. The molecule has 1 heterocycles. The molecule has 1 N–H and O–H groups in total. The highest BCUT2D eigenvalue weighted by Crippen LogP contribution is 2.23. The van der Waals surface area contributed by atoms with Crippen LogP contribution in [-0.2, 0) is 0 Å². The third kappa shape index (κ3) is 3.04. The van der Waals surface area contributed by atoms with Crippen LogP contribution < -0.4 is 0 Å². The summed E-state index contributed by atoms with van der Waals surface area (Å²) in [6.45, 7) is 4.77. The number of aliphatic hydroxyl groups is 1. The van der Waals surface area contributed by atoms with Crippen molar-refractivity contribution >= 4 is 5.78 Å². The minimum atomic E-state index is -0.826.